The second-order valence-corrected chi connectivity index (χ2v) is 8.94. The summed E-state index contributed by atoms with van der Waals surface area (Å²) in [5.74, 6) is -3.13. The molecule has 0 atom stereocenters. The Hall–Kier alpha value is -3.50. The molecule has 0 unspecified atom stereocenters. The summed E-state index contributed by atoms with van der Waals surface area (Å²) in [5, 5.41) is 5.75. The molecule has 0 bridgehead atoms. The van der Waals surface area contributed by atoms with Crippen molar-refractivity contribution in [2.75, 3.05) is 16.6 Å². The Labute approximate surface area is 193 Å². The number of anilines is 2. The Bertz CT molecular complexity index is 1270. The lowest BCUT2D eigenvalue weighted by Gasteiger charge is -2.10. The van der Waals surface area contributed by atoms with E-state index in [2.05, 4.69) is 15.4 Å². The zero-order chi connectivity index (χ0) is 24.0. The maximum atomic E-state index is 13.3. The number of sulfonamides is 1. The van der Waals surface area contributed by atoms with Gasteiger partial charge >= 0.3 is 0 Å². The summed E-state index contributed by atoms with van der Waals surface area (Å²) in [7, 11) is -4.13. The molecular formula is C22H18ClF2N3O4S. The van der Waals surface area contributed by atoms with E-state index in [1.807, 2.05) is 0 Å². The van der Waals surface area contributed by atoms with E-state index >= 15 is 0 Å². The molecule has 0 aromatic heterocycles. The maximum absolute atomic E-state index is 13.3. The smallest absolute Gasteiger partial charge is 0.261 e. The van der Waals surface area contributed by atoms with Gasteiger partial charge < -0.3 is 10.6 Å². The van der Waals surface area contributed by atoms with E-state index < -0.39 is 26.6 Å². The van der Waals surface area contributed by atoms with Crippen molar-refractivity contribution in [2.45, 2.75) is 11.3 Å². The second kappa shape index (κ2) is 10.4. The quantitative estimate of drug-likeness (QED) is 0.438. The van der Waals surface area contributed by atoms with Crippen molar-refractivity contribution in [3.63, 3.8) is 0 Å². The minimum atomic E-state index is -4.13. The summed E-state index contributed by atoms with van der Waals surface area (Å²) < 4.78 is 53.2. The van der Waals surface area contributed by atoms with Crippen molar-refractivity contribution in [3.8, 4) is 0 Å². The van der Waals surface area contributed by atoms with Crippen LogP contribution in [0.15, 0.2) is 71.6 Å². The molecule has 0 heterocycles. The largest absolute Gasteiger partial charge is 0.352 e. The summed E-state index contributed by atoms with van der Waals surface area (Å²) in [6.07, 6.45) is 0.0177. The normalized spacial score (nSPS) is 11.0. The lowest BCUT2D eigenvalue weighted by molar-refractivity contribution is -0.116. The number of benzene rings is 3. The van der Waals surface area contributed by atoms with E-state index in [1.54, 1.807) is 24.3 Å². The zero-order valence-corrected chi connectivity index (χ0v) is 18.5. The maximum Gasteiger partial charge on any atom is 0.261 e. The van der Waals surface area contributed by atoms with Crippen LogP contribution in [0.3, 0.4) is 0 Å². The highest BCUT2D eigenvalue weighted by molar-refractivity contribution is 7.92. The Kier molecular flexibility index (Phi) is 7.62. The van der Waals surface area contributed by atoms with Crippen molar-refractivity contribution in [3.05, 3.63) is 89.0 Å². The van der Waals surface area contributed by atoms with E-state index in [9.17, 15) is 26.8 Å². The van der Waals surface area contributed by atoms with E-state index in [0.717, 1.165) is 12.1 Å². The number of amides is 2. The summed E-state index contributed by atoms with van der Waals surface area (Å²) in [5.41, 5.74) is 0.981. The fourth-order valence-electron chi connectivity index (χ4n) is 2.70. The zero-order valence-electron chi connectivity index (χ0n) is 16.9. The Balaban J connectivity index is 1.50. The molecule has 3 N–H and O–H groups in total. The molecule has 0 fully saturated rings. The number of halogens is 3. The van der Waals surface area contributed by atoms with Gasteiger partial charge in [0.15, 0.2) is 11.6 Å². The Morgan fingerprint density at radius 1 is 0.848 bits per heavy atom. The fourth-order valence-corrected chi connectivity index (χ4v) is 3.89. The number of hydrogen-bond acceptors (Lipinski definition) is 4. The first-order valence-electron chi connectivity index (χ1n) is 9.55. The first-order chi connectivity index (χ1) is 15.6. The summed E-state index contributed by atoms with van der Waals surface area (Å²) in [4.78, 5) is 23.6. The summed E-state index contributed by atoms with van der Waals surface area (Å²) >= 11 is 5.77. The third-order valence-corrected chi connectivity index (χ3v) is 6.00. The molecule has 0 radical (unpaired) electrons. The van der Waals surface area contributed by atoms with Crippen LogP contribution in [0.4, 0.5) is 20.2 Å². The third kappa shape index (κ3) is 6.74. The van der Waals surface area contributed by atoms with E-state index in [4.69, 9.17) is 11.6 Å². The summed E-state index contributed by atoms with van der Waals surface area (Å²) in [6.45, 7) is 0.111. The second-order valence-electron chi connectivity index (χ2n) is 6.82. The molecule has 172 valence electrons. The number of carbonyl (C=O) groups excluding carboxylic acids is 2. The number of nitrogens with one attached hydrogen (secondary N) is 3. The van der Waals surface area contributed by atoms with Gasteiger partial charge in [-0.1, -0.05) is 11.6 Å². The van der Waals surface area contributed by atoms with Gasteiger partial charge in [0.1, 0.15) is 0 Å². The van der Waals surface area contributed by atoms with Crippen LogP contribution in [0, 0.1) is 11.6 Å². The minimum Gasteiger partial charge on any atom is -0.352 e. The molecular weight excluding hydrogens is 476 g/mol. The average Bonchev–Trinajstić information content (AvgIpc) is 2.77. The molecule has 11 heteroatoms. The van der Waals surface area contributed by atoms with Crippen LogP contribution in [0.5, 0.6) is 0 Å². The van der Waals surface area contributed by atoms with Crippen molar-refractivity contribution in [1.82, 2.24) is 5.32 Å². The first-order valence-corrected chi connectivity index (χ1v) is 11.4. The number of carbonyl (C=O) groups is 2. The predicted molar refractivity (Wildman–Crippen MR) is 121 cm³/mol. The standard InChI is InChI=1S/C22H18ClF2N3O4S/c23-15-3-1-14(2-4-15)22(30)26-12-11-21(29)27-16-5-7-17(8-6-16)28-33(31,32)18-9-10-19(24)20(25)13-18/h1-10,13,28H,11-12H2,(H,26,30)(H,27,29). The van der Waals surface area contributed by atoms with Crippen molar-refractivity contribution in [1.29, 1.82) is 0 Å². The Morgan fingerprint density at radius 2 is 1.48 bits per heavy atom. The van der Waals surface area contributed by atoms with Crippen LogP contribution >= 0.6 is 11.6 Å². The van der Waals surface area contributed by atoms with Crippen LogP contribution in [0.2, 0.25) is 5.02 Å². The van der Waals surface area contributed by atoms with Crippen LogP contribution in [0.1, 0.15) is 16.8 Å². The number of hydrogen-bond donors (Lipinski definition) is 3. The highest BCUT2D eigenvalue weighted by Crippen LogP contribution is 2.20. The highest BCUT2D eigenvalue weighted by Gasteiger charge is 2.17. The third-order valence-electron chi connectivity index (χ3n) is 4.37. The molecule has 0 aliphatic carbocycles. The molecule has 7 nitrogen and oxygen atoms in total. The van der Waals surface area contributed by atoms with E-state index in [1.165, 1.54) is 24.3 Å². The van der Waals surface area contributed by atoms with E-state index in [0.29, 0.717) is 22.3 Å². The van der Waals surface area contributed by atoms with Gasteiger partial charge in [-0.05, 0) is 66.7 Å². The van der Waals surface area contributed by atoms with Crippen molar-refractivity contribution < 1.29 is 26.8 Å². The van der Waals surface area contributed by atoms with Gasteiger partial charge in [-0.25, -0.2) is 17.2 Å². The molecule has 3 aromatic rings. The van der Waals surface area contributed by atoms with Crippen LogP contribution < -0.4 is 15.4 Å². The molecule has 3 rings (SSSR count). The first kappa shape index (κ1) is 24.1. The van der Waals surface area contributed by atoms with Crippen LogP contribution in [-0.2, 0) is 14.8 Å². The highest BCUT2D eigenvalue weighted by atomic mass is 35.5. The van der Waals surface area contributed by atoms with Gasteiger partial charge in [-0.15, -0.1) is 0 Å². The predicted octanol–water partition coefficient (Wildman–Crippen LogP) is 4.18. The van der Waals surface area contributed by atoms with Crippen LogP contribution in [0.25, 0.3) is 0 Å². The fraction of sp³-hybridized carbons (Fsp3) is 0.0909. The van der Waals surface area contributed by atoms with Crippen molar-refractivity contribution >= 4 is 44.8 Å². The lowest BCUT2D eigenvalue weighted by atomic mass is 10.2. The van der Waals surface area contributed by atoms with E-state index in [-0.39, 0.29) is 30.5 Å². The SMILES string of the molecule is O=C(CCNC(=O)c1ccc(Cl)cc1)Nc1ccc(NS(=O)(=O)c2ccc(F)c(F)c2)cc1. The van der Waals surface area contributed by atoms with Gasteiger partial charge in [0.25, 0.3) is 15.9 Å². The molecule has 33 heavy (non-hydrogen) atoms. The van der Waals surface area contributed by atoms with Gasteiger partial charge in [-0.2, -0.15) is 0 Å². The van der Waals surface area contributed by atoms with Crippen LogP contribution in [-0.4, -0.2) is 26.8 Å². The van der Waals surface area contributed by atoms with Gasteiger partial charge in [0.05, 0.1) is 4.90 Å². The molecule has 0 spiro atoms. The molecule has 0 aliphatic rings. The molecule has 3 aromatic carbocycles. The van der Waals surface area contributed by atoms with Gasteiger partial charge in [0.2, 0.25) is 5.91 Å². The van der Waals surface area contributed by atoms with Gasteiger partial charge in [-0.3, -0.25) is 14.3 Å². The monoisotopic (exact) mass is 493 g/mol. The molecule has 0 saturated carbocycles. The average molecular weight is 494 g/mol. The lowest BCUT2D eigenvalue weighted by Crippen LogP contribution is -2.27. The topological polar surface area (TPSA) is 104 Å². The number of rotatable bonds is 8. The molecule has 0 saturated heterocycles. The molecule has 0 aliphatic heterocycles. The Morgan fingerprint density at radius 3 is 2.12 bits per heavy atom. The summed E-state index contributed by atoms with van der Waals surface area (Å²) in [6, 6.07) is 14.3. The minimum absolute atomic E-state index is 0.0177. The van der Waals surface area contributed by atoms with Crippen molar-refractivity contribution in [2.24, 2.45) is 0 Å². The van der Waals surface area contributed by atoms with Gasteiger partial charge in [0, 0.05) is 34.9 Å². The molecule has 2 amide bonds.